The molecule has 1 aromatic carbocycles. The third-order valence-electron chi connectivity index (χ3n) is 3.45. The quantitative estimate of drug-likeness (QED) is 0.759. The van der Waals surface area contributed by atoms with Crippen LogP contribution in [-0.2, 0) is 0 Å². The van der Waals surface area contributed by atoms with Gasteiger partial charge in [-0.2, -0.15) is 0 Å². The van der Waals surface area contributed by atoms with E-state index in [2.05, 4.69) is 29.0 Å². The molecule has 1 atom stereocenters. The minimum Gasteiger partial charge on any atom is -0.320 e. The van der Waals surface area contributed by atoms with Crippen LogP contribution in [0, 0.1) is 6.92 Å². The van der Waals surface area contributed by atoms with Gasteiger partial charge in [0.15, 0.2) is 0 Å². The summed E-state index contributed by atoms with van der Waals surface area (Å²) < 4.78 is 0. The first kappa shape index (κ1) is 11.8. The van der Waals surface area contributed by atoms with Crippen LogP contribution >= 0.6 is 0 Å². The zero-order valence-corrected chi connectivity index (χ0v) is 10.7. The Bertz CT molecular complexity index is 717. The van der Waals surface area contributed by atoms with Crippen LogP contribution in [0.5, 0.6) is 0 Å². The highest BCUT2D eigenvalue weighted by atomic mass is 14.7. The molecular weight excluding hydrogens is 234 g/mol. The number of nitrogens with two attached hydrogens (primary N) is 1. The second kappa shape index (κ2) is 4.78. The first-order valence-corrected chi connectivity index (χ1v) is 6.26. The Morgan fingerprint density at radius 3 is 2.58 bits per heavy atom. The van der Waals surface area contributed by atoms with Gasteiger partial charge in [0.2, 0.25) is 0 Å². The maximum atomic E-state index is 6.40. The van der Waals surface area contributed by atoms with Gasteiger partial charge in [-0.25, -0.2) is 0 Å². The van der Waals surface area contributed by atoms with E-state index in [4.69, 9.17) is 5.73 Å². The number of pyridine rings is 2. The molecule has 3 rings (SSSR count). The average molecular weight is 249 g/mol. The Kier molecular flexibility index (Phi) is 2.97. The van der Waals surface area contributed by atoms with E-state index in [1.807, 2.05) is 36.8 Å². The first-order valence-electron chi connectivity index (χ1n) is 6.26. The van der Waals surface area contributed by atoms with Crippen molar-refractivity contribution in [3.8, 4) is 0 Å². The summed E-state index contributed by atoms with van der Waals surface area (Å²) in [6.07, 6.45) is 7.33. The maximum absolute atomic E-state index is 6.40. The van der Waals surface area contributed by atoms with Crippen molar-refractivity contribution in [1.82, 2.24) is 9.97 Å². The zero-order valence-electron chi connectivity index (χ0n) is 10.7. The Balaban J connectivity index is 2.17. The minimum absolute atomic E-state index is 0.202. The molecule has 3 aromatic rings. The molecule has 0 radical (unpaired) electrons. The van der Waals surface area contributed by atoms with Gasteiger partial charge in [-0.1, -0.05) is 24.3 Å². The molecule has 0 saturated heterocycles. The monoisotopic (exact) mass is 249 g/mol. The molecule has 0 fully saturated rings. The molecule has 2 N–H and O–H groups in total. The van der Waals surface area contributed by atoms with E-state index in [1.165, 1.54) is 0 Å². The highest BCUT2D eigenvalue weighted by Gasteiger charge is 2.14. The number of aryl methyl sites for hydroxylation is 1. The number of hydrogen-bond acceptors (Lipinski definition) is 3. The summed E-state index contributed by atoms with van der Waals surface area (Å²) >= 11 is 0. The number of fused-ring (bicyclic) bond motifs is 1. The first-order chi connectivity index (χ1) is 9.27. The second-order valence-electron chi connectivity index (χ2n) is 4.66. The molecular formula is C16H15N3. The van der Waals surface area contributed by atoms with Gasteiger partial charge in [-0.05, 0) is 35.1 Å². The summed E-state index contributed by atoms with van der Waals surface area (Å²) in [5.74, 6) is 0. The molecule has 94 valence electrons. The summed E-state index contributed by atoms with van der Waals surface area (Å²) in [5, 5.41) is 2.25. The molecule has 1 unspecified atom stereocenters. The number of hydrogen-bond donors (Lipinski definition) is 1. The molecule has 0 aliphatic heterocycles. The van der Waals surface area contributed by atoms with Crippen LogP contribution in [0.2, 0.25) is 0 Å². The average Bonchev–Trinajstić information content (AvgIpc) is 2.46. The van der Waals surface area contributed by atoms with E-state index in [9.17, 15) is 0 Å². The van der Waals surface area contributed by atoms with Gasteiger partial charge in [0.05, 0.1) is 6.04 Å². The third-order valence-corrected chi connectivity index (χ3v) is 3.45. The second-order valence-corrected chi connectivity index (χ2v) is 4.66. The SMILES string of the molecule is Cc1ccncc1C(N)c1cncc2ccccc12. The van der Waals surface area contributed by atoms with Crippen LogP contribution in [0.15, 0.2) is 55.1 Å². The van der Waals surface area contributed by atoms with Gasteiger partial charge in [-0.15, -0.1) is 0 Å². The van der Waals surface area contributed by atoms with Crippen molar-refractivity contribution in [2.45, 2.75) is 13.0 Å². The molecule has 0 saturated carbocycles. The van der Waals surface area contributed by atoms with E-state index in [1.54, 1.807) is 6.20 Å². The molecule has 0 amide bonds. The van der Waals surface area contributed by atoms with Gasteiger partial charge >= 0.3 is 0 Å². The maximum Gasteiger partial charge on any atom is 0.0591 e. The number of benzene rings is 1. The molecule has 0 aliphatic carbocycles. The fraction of sp³-hybridized carbons (Fsp3) is 0.125. The normalized spacial score (nSPS) is 12.5. The Morgan fingerprint density at radius 2 is 1.74 bits per heavy atom. The van der Waals surface area contributed by atoms with Crippen LogP contribution in [0.1, 0.15) is 22.7 Å². The van der Waals surface area contributed by atoms with Crippen molar-refractivity contribution >= 4 is 10.8 Å². The Morgan fingerprint density at radius 1 is 0.947 bits per heavy atom. The molecule has 19 heavy (non-hydrogen) atoms. The summed E-state index contributed by atoms with van der Waals surface area (Å²) in [4.78, 5) is 8.46. The number of nitrogens with zero attached hydrogens (tertiary/aromatic N) is 2. The lowest BCUT2D eigenvalue weighted by Gasteiger charge is -2.16. The highest BCUT2D eigenvalue weighted by molar-refractivity contribution is 5.85. The van der Waals surface area contributed by atoms with Gasteiger partial charge in [0, 0.05) is 30.2 Å². The lowest BCUT2D eigenvalue weighted by atomic mass is 9.95. The van der Waals surface area contributed by atoms with Crippen molar-refractivity contribution in [3.63, 3.8) is 0 Å². The van der Waals surface area contributed by atoms with E-state index < -0.39 is 0 Å². The fourth-order valence-corrected chi connectivity index (χ4v) is 2.36. The predicted octanol–water partition coefficient (Wildman–Crippen LogP) is 2.99. The van der Waals surface area contributed by atoms with Gasteiger partial charge in [0.1, 0.15) is 0 Å². The summed E-state index contributed by atoms with van der Waals surface area (Å²) in [5.41, 5.74) is 9.63. The topological polar surface area (TPSA) is 51.8 Å². The molecule has 2 heterocycles. The lowest BCUT2D eigenvalue weighted by molar-refractivity contribution is 0.855. The van der Waals surface area contributed by atoms with Crippen molar-refractivity contribution in [1.29, 1.82) is 0 Å². The van der Waals surface area contributed by atoms with Crippen LogP contribution in [-0.4, -0.2) is 9.97 Å². The van der Waals surface area contributed by atoms with Crippen LogP contribution in [0.3, 0.4) is 0 Å². The van der Waals surface area contributed by atoms with E-state index in [0.29, 0.717) is 0 Å². The van der Waals surface area contributed by atoms with Gasteiger partial charge in [-0.3, -0.25) is 9.97 Å². The molecule has 3 nitrogen and oxygen atoms in total. The molecule has 0 spiro atoms. The van der Waals surface area contributed by atoms with Crippen molar-refractivity contribution in [2.24, 2.45) is 5.73 Å². The van der Waals surface area contributed by atoms with E-state index in [-0.39, 0.29) is 6.04 Å². The third kappa shape index (κ3) is 2.09. The number of aromatic nitrogens is 2. The smallest absolute Gasteiger partial charge is 0.0591 e. The van der Waals surface area contributed by atoms with Crippen LogP contribution in [0.4, 0.5) is 0 Å². The molecule has 0 aliphatic rings. The Hall–Kier alpha value is -2.26. The zero-order chi connectivity index (χ0) is 13.2. The summed E-state index contributed by atoms with van der Waals surface area (Å²) in [6.45, 7) is 2.05. The molecule has 0 bridgehead atoms. The predicted molar refractivity (Wildman–Crippen MR) is 76.7 cm³/mol. The largest absolute Gasteiger partial charge is 0.320 e. The highest BCUT2D eigenvalue weighted by Crippen LogP contribution is 2.27. The van der Waals surface area contributed by atoms with E-state index >= 15 is 0 Å². The van der Waals surface area contributed by atoms with Crippen molar-refractivity contribution in [3.05, 3.63) is 71.8 Å². The van der Waals surface area contributed by atoms with Crippen molar-refractivity contribution < 1.29 is 0 Å². The van der Waals surface area contributed by atoms with E-state index in [0.717, 1.165) is 27.5 Å². The molecule has 2 aromatic heterocycles. The van der Waals surface area contributed by atoms with Gasteiger partial charge in [0.25, 0.3) is 0 Å². The van der Waals surface area contributed by atoms with Gasteiger partial charge < -0.3 is 5.73 Å². The lowest BCUT2D eigenvalue weighted by Crippen LogP contribution is -2.14. The Labute approximate surface area is 112 Å². The van der Waals surface area contributed by atoms with Crippen molar-refractivity contribution in [2.75, 3.05) is 0 Å². The standard InChI is InChI=1S/C16H15N3/c1-11-6-7-18-9-14(11)16(17)15-10-19-8-12-4-2-3-5-13(12)15/h2-10,16H,17H2,1H3. The molecule has 3 heteroatoms. The summed E-state index contributed by atoms with van der Waals surface area (Å²) in [7, 11) is 0. The summed E-state index contributed by atoms with van der Waals surface area (Å²) in [6, 6.07) is 9.94. The van der Waals surface area contributed by atoms with Crippen LogP contribution < -0.4 is 5.73 Å². The minimum atomic E-state index is -0.202. The number of rotatable bonds is 2. The fourth-order valence-electron chi connectivity index (χ4n) is 2.36. The van der Waals surface area contributed by atoms with Crippen LogP contribution in [0.25, 0.3) is 10.8 Å².